The first-order valence-corrected chi connectivity index (χ1v) is 8.15. The van der Waals surface area contributed by atoms with Crippen molar-refractivity contribution in [2.24, 2.45) is 0 Å². The zero-order chi connectivity index (χ0) is 15.2. The number of hydrogen-bond donors (Lipinski definition) is 1. The topological polar surface area (TPSA) is 29.1 Å². The molecule has 1 amide bonds. The molecule has 0 bridgehead atoms. The summed E-state index contributed by atoms with van der Waals surface area (Å²) in [5, 5.41) is 2.93. The van der Waals surface area contributed by atoms with Crippen LogP contribution in [0.25, 0.3) is 0 Å². The predicted molar refractivity (Wildman–Crippen MR) is 92.3 cm³/mol. The number of amides is 1. The van der Waals surface area contributed by atoms with Crippen LogP contribution in [0, 0.1) is 6.92 Å². The fraction of sp³-hybridized carbons (Fsp3) is 0.235. The second-order valence-electron chi connectivity index (χ2n) is 4.91. The van der Waals surface area contributed by atoms with Crippen LogP contribution >= 0.6 is 27.5 Å². The normalized spacial score (nSPS) is 10.4. The van der Waals surface area contributed by atoms with Crippen molar-refractivity contribution in [1.82, 2.24) is 0 Å². The maximum atomic E-state index is 12.3. The third-order valence-electron chi connectivity index (χ3n) is 3.20. The minimum atomic E-state index is -0.0971. The number of anilines is 1. The number of aryl methyl sites for hydroxylation is 2. The van der Waals surface area contributed by atoms with E-state index in [0.717, 1.165) is 28.6 Å². The maximum Gasteiger partial charge on any atom is 0.255 e. The molecule has 110 valence electrons. The molecule has 0 unspecified atom stereocenters. The summed E-state index contributed by atoms with van der Waals surface area (Å²) >= 11 is 9.15. The highest BCUT2D eigenvalue weighted by Gasteiger charge is 2.07. The van der Waals surface area contributed by atoms with Gasteiger partial charge in [0.2, 0.25) is 0 Å². The Bertz CT molecular complexity index is 642. The molecule has 2 aromatic rings. The number of carbonyl (C=O) groups is 1. The number of halogens is 2. The Morgan fingerprint density at radius 3 is 2.76 bits per heavy atom. The van der Waals surface area contributed by atoms with Gasteiger partial charge in [-0.3, -0.25) is 4.79 Å². The summed E-state index contributed by atoms with van der Waals surface area (Å²) in [5.41, 5.74) is 3.69. The maximum absolute atomic E-state index is 12.3. The molecule has 0 radical (unpaired) electrons. The van der Waals surface area contributed by atoms with Gasteiger partial charge in [0, 0.05) is 21.6 Å². The molecule has 0 saturated heterocycles. The van der Waals surface area contributed by atoms with E-state index in [9.17, 15) is 4.79 Å². The lowest BCUT2D eigenvalue weighted by molar-refractivity contribution is 0.102. The van der Waals surface area contributed by atoms with Gasteiger partial charge in [0.05, 0.1) is 0 Å². The van der Waals surface area contributed by atoms with Crippen molar-refractivity contribution in [1.29, 1.82) is 0 Å². The van der Waals surface area contributed by atoms with Crippen LogP contribution in [0.2, 0.25) is 0 Å². The van der Waals surface area contributed by atoms with E-state index in [1.807, 2.05) is 49.4 Å². The molecule has 21 heavy (non-hydrogen) atoms. The first-order valence-electron chi connectivity index (χ1n) is 6.82. The molecule has 4 heteroatoms. The zero-order valence-electron chi connectivity index (χ0n) is 11.8. The van der Waals surface area contributed by atoms with Gasteiger partial charge in [0.15, 0.2) is 0 Å². The lowest BCUT2D eigenvalue weighted by Gasteiger charge is -2.08. The Labute approximate surface area is 138 Å². The van der Waals surface area contributed by atoms with Crippen LogP contribution in [0.15, 0.2) is 46.9 Å². The highest BCUT2D eigenvalue weighted by molar-refractivity contribution is 9.10. The molecule has 0 saturated carbocycles. The van der Waals surface area contributed by atoms with Crippen LogP contribution in [-0.2, 0) is 6.42 Å². The van der Waals surface area contributed by atoms with Gasteiger partial charge < -0.3 is 5.32 Å². The number of nitrogens with one attached hydrogen (secondary N) is 1. The van der Waals surface area contributed by atoms with E-state index in [1.165, 1.54) is 5.56 Å². The molecule has 0 aliphatic carbocycles. The molecule has 2 aromatic carbocycles. The average molecular weight is 367 g/mol. The summed E-state index contributed by atoms with van der Waals surface area (Å²) in [7, 11) is 0. The Hall–Kier alpha value is -1.32. The lowest BCUT2D eigenvalue weighted by atomic mass is 10.1. The standard InChI is InChI=1S/C17H17BrClNO/c1-12-10-14(7-8-16(12)18)17(21)20-15-6-2-4-13(11-15)5-3-9-19/h2,4,6-8,10-11H,3,5,9H2,1H3,(H,20,21). The Morgan fingerprint density at radius 1 is 1.24 bits per heavy atom. The molecule has 2 nitrogen and oxygen atoms in total. The van der Waals surface area contributed by atoms with E-state index in [0.29, 0.717) is 11.4 Å². The molecule has 0 atom stereocenters. The molecular weight excluding hydrogens is 350 g/mol. The van der Waals surface area contributed by atoms with Gasteiger partial charge in [0.1, 0.15) is 0 Å². The number of benzene rings is 2. The SMILES string of the molecule is Cc1cc(C(=O)Nc2cccc(CCCCl)c2)ccc1Br. The van der Waals surface area contributed by atoms with E-state index < -0.39 is 0 Å². The monoisotopic (exact) mass is 365 g/mol. The molecule has 0 heterocycles. The minimum Gasteiger partial charge on any atom is -0.322 e. The number of carbonyl (C=O) groups excluding carboxylic acids is 1. The fourth-order valence-electron chi connectivity index (χ4n) is 2.06. The summed E-state index contributed by atoms with van der Waals surface area (Å²) < 4.78 is 1.00. The third-order valence-corrected chi connectivity index (χ3v) is 4.36. The Balaban J connectivity index is 2.10. The van der Waals surface area contributed by atoms with Gasteiger partial charge in [-0.05, 0) is 61.2 Å². The van der Waals surface area contributed by atoms with Gasteiger partial charge in [-0.25, -0.2) is 0 Å². The van der Waals surface area contributed by atoms with E-state index in [1.54, 1.807) is 0 Å². The Morgan fingerprint density at radius 2 is 2.05 bits per heavy atom. The lowest BCUT2D eigenvalue weighted by Crippen LogP contribution is -2.12. The van der Waals surface area contributed by atoms with Gasteiger partial charge in [-0.1, -0.05) is 28.1 Å². The van der Waals surface area contributed by atoms with Crippen molar-refractivity contribution in [3.63, 3.8) is 0 Å². The molecule has 0 aromatic heterocycles. The predicted octanol–water partition coefficient (Wildman–Crippen LogP) is 5.18. The second-order valence-corrected chi connectivity index (χ2v) is 6.14. The molecule has 0 spiro atoms. The second kappa shape index (κ2) is 7.62. The average Bonchev–Trinajstić information content (AvgIpc) is 2.48. The van der Waals surface area contributed by atoms with E-state index >= 15 is 0 Å². The molecule has 2 rings (SSSR count). The van der Waals surface area contributed by atoms with Crippen molar-refractivity contribution < 1.29 is 4.79 Å². The van der Waals surface area contributed by atoms with Crippen molar-refractivity contribution in [2.75, 3.05) is 11.2 Å². The summed E-state index contributed by atoms with van der Waals surface area (Å²) in [5.74, 6) is 0.550. The van der Waals surface area contributed by atoms with Gasteiger partial charge in [-0.2, -0.15) is 0 Å². The van der Waals surface area contributed by atoms with Crippen LogP contribution in [-0.4, -0.2) is 11.8 Å². The van der Waals surface area contributed by atoms with Crippen LogP contribution in [0.5, 0.6) is 0 Å². The van der Waals surface area contributed by atoms with Crippen molar-refractivity contribution >= 4 is 39.1 Å². The molecule has 0 fully saturated rings. The zero-order valence-corrected chi connectivity index (χ0v) is 14.2. The molecule has 0 aliphatic rings. The molecule has 1 N–H and O–H groups in total. The van der Waals surface area contributed by atoms with Crippen LogP contribution in [0.3, 0.4) is 0 Å². The largest absolute Gasteiger partial charge is 0.322 e. The summed E-state index contributed by atoms with van der Waals surface area (Å²) in [6, 6.07) is 13.5. The van der Waals surface area contributed by atoms with Crippen LogP contribution < -0.4 is 5.32 Å². The van der Waals surface area contributed by atoms with Crippen molar-refractivity contribution in [2.45, 2.75) is 19.8 Å². The first-order chi connectivity index (χ1) is 10.1. The van der Waals surface area contributed by atoms with Crippen LogP contribution in [0.1, 0.15) is 27.9 Å². The fourth-order valence-corrected chi connectivity index (χ4v) is 2.44. The minimum absolute atomic E-state index is 0.0971. The summed E-state index contributed by atoms with van der Waals surface area (Å²) in [6.45, 7) is 1.97. The van der Waals surface area contributed by atoms with E-state index in [4.69, 9.17) is 11.6 Å². The van der Waals surface area contributed by atoms with Crippen molar-refractivity contribution in [3.8, 4) is 0 Å². The number of rotatable bonds is 5. The summed E-state index contributed by atoms with van der Waals surface area (Å²) in [4.78, 5) is 12.3. The molecular formula is C17H17BrClNO. The van der Waals surface area contributed by atoms with E-state index in [2.05, 4.69) is 21.2 Å². The summed E-state index contributed by atoms with van der Waals surface area (Å²) in [6.07, 6.45) is 1.86. The number of hydrogen-bond acceptors (Lipinski definition) is 1. The quantitative estimate of drug-likeness (QED) is 0.726. The van der Waals surface area contributed by atoms with Gasteiger partial charge >= 0.3 is 0 Å². The van der Waals surface area contributed by atoms with Crippen LogP contribution in [0.4, 0.5) is 5.69 Å². The highest BCUT2D eigenvalue weighted by atomic mass is 79.9. The third kappa shape index (κ3) is 4.58. The smallest absolute Gasteiger partial charge is 0.255 e. The number of alkyl halides is 1. The van der Waals surface area contributed by atoms with Crippen molar-refractivity contribution in [3.05, 3.63) is 63.6 Å². The first kappa shape index (κ1) is 16.1. The molecule has 0 aliphatic heterocycles. The Kier molecular flexibility index (Phi) is 5.83. The van der Waals surface area contributed by atoms with Gasteiger partial charge in [-0.15, -0.1) is 11.6 Å². The van der Waals surface area contributed by atoms with E-state index in [-0.39, 0.29) is 5.91 Å². The van der Waals surface area contributed by atoms with Gasteiger partial charge in [0.25, 0.3) is 5.91 Å². The highest BCUT2D eigenvalue weighted by Crippen LogP contribution is 2.19.